The predicted octanol–water partition coefficient (Wildman–Crippen LogP) is 7.23. The average Bonchev–Trinajstić information content (AvgIpc) is 2.35. The summed E-state index contributed by atoms with van der Waals surface area (Å²) in [4.78, 5) is 0. The second-order valence-corrected chi connectivity index (χ2v) is 6.78. The van der Waals surface area contributed by atoms with Crippen molar-refractivity contribution in [2.75, 3.05) is 0 Å². The van der Waals surface area contributed by atoms with Crippen molar-refractivity contribution in [3.05, 3.63) is 33.9 Å². The van der Waals surface area contributed by atoms with E-state index >= 15 is 0 Å². The van der Waals surface area contributed by atoms with Gasteiger partial charge in [0.05, 0.1) is 0 Å². The first-order valence-corrected chi connectivity index (χ1v) is 8.29. The van der Waals surface area contributed by atoms with Crippen LogP contribution < -0.4 is 0 Å². The standard InChI is InChI=1S/C20H36/c1-9-11-19(16(4)5)14-20(17(6)7)13-10-12-18(8)15(2)3/h14,16H,9-13H2,1-8H3. The highest BCUT2D eigenvalue weighted by Gasteiger charge is 2.05. The fourth-order valence-electron chi connectivity index (χ4n) is 2.30. The molecule has 0 aliphatic carbocycles. The molecule has 0 amide bonds. The summed E-state index contributed by atoms with van der Waals surface area (Å²) in [5.74, 6) is 0.670. The van der Waals surface area contributed by atoms with Gasteiger partial charge in [-0.2, -0.15) is 0 Å². The average molecular weight is 277 g/mol. The molecule has 0 aliphatic rings. The number of hydrogen-bond donors (Lipinski definition) is 0. The topological polar surface area (TPSA) is 0 Å². The van der Waals surface area contributed by atoms with E-state index in [1.807, 2.05) is 0 Å². The first-order chi connectivity index (χ1) is 9.29. The third kappa shape index (κ3) is 7.72. The van der Waals surface area contributed by atoms with Crippen LogP contribution in [0.25, 0.3) is 0 Å². The Labute approximate surface area is 128 Å². The quantitative estimate of drug-likeness (QED) is 0.324. The van der Waals surface area contributed by atoms with Gasteiger partial charge in [0.25, 0.3) is 0 Å². The van der Waals surface area contributed by atoms with Gasteiger partial charge in [-0.15, -0.1) is 0 Å². The SMILES string of the molecule is CCCC(=CC(CCCC(C)=C(C)C)=C(C)C)C(C)C. The predicted molar refractivity (Wildman–Crippen MR) is 94.1 cm³/mol. The molecule has 0 fully saturated rings. The summed E-state index contributed by atoms with van der Waals surface area (Å²) < 4.78 is 0. The Morgan fingerprint density at radius 3 is 1.85 bits per heavy atom. The Morgan fingerprint density at radius 2 is 1.45 bits per heavy atom. The molecule has 0 nitrogen and oxygen atoms in total. The lowest BCUT2D eigenvalue weighted by Gasteiger charge is -2.14. The summed E-state index contributed by atoms with van der Waals surface area (Å²) in [6, 6.07) is 0. The zero-order valence-corrected chi connectivity index (χ0v) is 15.2. The molecule has 0 rings (SSSR count). The molecule has 0 atom stereocenters. The van der Waals surface area contributed by atoms with Crippen LogP contribution >= 0.6 is 0 Å². The zero-order valence-electron chi connectivity index (χ0n) is 15.2. The highest BCUT2D eigenvalue weighted by Crippen LogP contribution is 2.23. The molecule has 0 N–H and O–H groups in total. The second kappa shape index (κ2) is 10.0. The van der Waals surface area contributed by atoms with Gasteiger partial charge in [-0.3, -0.25) is 0 Å². The van der Waals surface area contributed by atoms with Crippen LogP contribution in [0.2, 0.25) is 0 Å². The fourth-order valence-corrected chi connectivity index (χ4v) is 2.30. The van der Waals surface area contributed by atoms with Gasteiger partial charge >= 0.3 is 0 Å². The molecule has 0 saturated carbocycles. The maximum Gasteiger partial charge on any atom is -0.0257 e. The van der Waals surface area contributed by atoms with E-state index in [1.165, 1.54) is 43.3 Å². The minimum Gasteiger partial charge on any atom is -0.0775 e. The van der Waals surface area contributed by atoms with Gasteiger partial charge in [-0.05, 0) is 71.8 Å². The minimum absolute atomic E-state index is 0.670. The molecule has 0 radical (unpaired) electrons. The van der Waals surface area contributed by atoms with Crippen molar-refractivity contribution in [1.29, 1.82) is 0 Å². The molecular weight excluding hydrogens is 240 g/mol. The van der Waals surface area contributed by atoms with E-state index in [1.54, 1.807) is 16.7 Å². The number of hydrogen-bond acceptors (Lipinski definition) is 0. The van der Waals surface area contributed by atoms with Crippen molar-refractivity contribution in [2.24, 2.45) is 5.92 Å². The van der Waals surface area contributed by atoms with Crippen LogP contribution in [0.5, 0.6) is 0 Å². The Hall–Kier alpha value is -0.780. The van der Waals surface area contributed by atoms with E-state index < -0.39 is 0 Å². The van der Waals surface area contributed by atoms with Crippen molar-refractivity contribution in [3.8, 4) is 0 Å². The zero-order chi connectivity index (χ0) is 15.7. The Kier molecular flexibility index (Phi) is 9.63. The lowest BCUT2D eigenvalue weighted by Crippen LogP contribution is -1.96. The van der Waals surface area contributed by atoms with E-state index in [9.17, 15) is 0 Å². The van der Waals surface area contributed by atoms with Gasteiger partial charge in [-0.1, -0.05) is 55.6 Å². The van der Waals surface area contributed by atoms with Crippen molar-refractivity contribution in [1.82, 2.24) is 0 Å². The highest BCUT2D eigenvalue weighted by atomic mass is 14.1. The molecule has 0 bridgehead atoms. The molecular formula is C20H36. The molecule has 0 heterocycles. The van der Waals surface area contributed by atoms with Crippen LogP contribution in [0, 0.1) is 5.92 Å². The van der Waals surface area contributed by atoms with Crippen LogP contribution in [0.3, 0.4) is 0 Å². The molecule has 0 unspecified atom stereocenters. The third-order valence-corrected chi connectivity index (χ3v) is 4.13. The third-order valence-electron chi connectivity index (χ3n) is 4.13. The van der Waals surface area contributed by atoms with Crippen molar-refractivity contribution >= 4 is 0 Å². The monoisotopic (exact) mass is 276 g/mol. The van der Waals surface area contributed by atoms with Gasteiger partial charge in [0, 0.05) is 0 Å². The largest absolute Gasteiger partial charge is 0.0775 e. The van der Waals surface area contributed by atoms with Crippen LogP contribution in [0.4, 0.5) is 0 Å². The van der Waals surface area contributed by atoms with E-state index in [2.05, 4.69) is 61.5 Å². The van der Waals surface area contributed by atoms with Gasteiger partial charge in [0.15, 0.2) is 0 Å². The lowest BCUT2D eigenvalue weighted by molar-refractivity contribution is 0.697. The molecule has 0 aromatic rings. The summed E-state index contributed by atoms with van der Waals surface area (Å²) in [5.41, 5.74) is 7.69. The summed E-state index contributed by atoms with van der Waals surface area (Å²) in [5, 5.41) is 0. The van der Waals surface area contributed by atoms with Gasteiger partial charge < -0.3 is 0 Å². The molecule has 116 valence electrons. The Bertz CT molecular complexity index is 367. The first kappa shape index (κ1) is 19.2. The molecule has 0 spiro atoms. The summed E-state index contributed by atoms with van der Waals surface area (Å²) in [6.45, 7) is 18.1. The van der Waals surface area contributed by atoms with Crippen molar-refractivity contribution < 1.29 is 0 Å². The maximum atomic E-state index is 2.49. The molecule has 20 heavy (non-hydrogen) atoms. The van der Waals surface area contributed by atoms with Crippen LogP contribution in [0.1, 0.15) is 87.5 Å². The van der Waals surface area contributed by atoms with Crippen LogP contribution in [-0.4, -0.2) is 0 Å². The Morgan fingerprint density at radius 1 is 0.850 bits per heavy atom. The van der Waals surface area contributed by atoms with Gasteiger partial charge in [0.2, 0.25) is 0 Å². The summed E-state index contributed by atoms with van der Waals surface area (Å²) in [6.07, 6.45) is 8.69. The molecule has 0 saturated heterocycles. The van der Waals surface area contributed by atoms with Gasteiger partial charge in [0.1, 0.15) is 0 Å². The fraction of sp³-hybridized carbons (Fsp3) is 0.700. The maximum absolute atomic E-state index is 2.49. The second-order valence-electron chi connectivity index (χ2n) is 6.78. The Balaban J connectivity index is 4.80. The van der Waals surface area contributed by atoms with E-state index in [4.69, 9.17) is 0 Å². The lowest BCUT2D eigenvalue weighted by atomic mass is 9.92. The molecule has 0 aromatic carbocycles. The summed E-state index contributed by atoms with van der Waals surface area (Å²) in [7, 11) is 0. The van der Waals surface area contributed by atoms with Gasteiger partial charge in [-0.25, -0.2) is 0 Å². The minimum atomic E-state index is 0.670. The smallest absolute Gasteiger partial charge is 0.0257 e. The van der Waals surface area contributed by atoms with E-state index in [0.29, 0.717) is 5.92 Å². The molecule has 0 heteroatoms. The van der Waals surface area contributed by atoms with Crippen LogP contribution in [-0.2, 0) is 0 Å². The number of rotatable bonds is 8. The normalized spacial score (nSPS) is 11.8. The van der Waals surface area contributed by atoms with E-state index in [0.717, 1.165) is 0 Å². The van der Waals surface area contributed by atoms with E-state index in [-0.39, 0.29) is 0 Å². The van der Waals surface area contributed by atoms with Crippen molar-refractivity contribution in [2.45, 2.75) is 87.5 Å². The number of allylic oxidation sites excluding steroid dienone is 6. The summed E-state index contributed by atoms with van der Waals surface area (Å²) >= 11 is 0. The molecule has 0 aromatic heterocycles. The first-order valence-electron chi connectivity index (χ1n) is 8.29. The van der Waals surface area contributed by atoms with Crippen LogP contribution in [0.15, 0.2) is 33.9 Å². The highest BCUT2D eigenvalue weighted by molar-refractivity contribution is 5.28. The molecule has 0 aliphatic heterocycles. The van der Waals surface area contributed by atoms with Crippen molar-refractivity contribution in [3.63, 3.8) is 0 Å².